The molecular formula is C60H39N6Na3O30S9. The Hall–Kier alpha value is -7.41. The number of ketones is 3. The Balaban J connectivity index is 0.000000223. The summed E-state index contributed by atoms with van der Waals surface area (Å²) in [6.07, 6.45) is 2.22. The van der Waals surface area contributed by atoms with E-state index in [1.807, 2.05) is 0 Å². The molecule has 3 aliphatic carbocycles. The summed E-state index contributed by atoms with van der Waals surface area (Å²) in [6, 6.07) is 33.4. The van der Waals surface area contributed by atoms with Gasteiger partial charge in [0.2, 0.25) is 17.3 Å². The second-order valence-electron chi connectivity index (χ2n) is 21.7. The summed E-state index contributed by atoms with van der Waals surface area (Å²) >= 11 is 0. The van der Waals surface area contributed by atoms with E-state index < -0.39 is 170 Å². The quantitative estimate of drug-likeness (QED) is 0.0267. The summed E-state index contributed by atoms with van der Waals surface area (Å²) in [6.45, 7) is 0. The first-order chi connectivity index (χ1) is 48.5. The summed E-state index contributed by atoms with van der Waals surface area (Å²) < 4.78 is 300. The predicted octanol–water partition coefficient (Wildman–Crippen LogP) is -4.13. The van der Waals surface area contributed by atoms with Crippen LogP contribution in [0.2, 0.25) is 0 Å². The molecule has 0 saturated heterocycles. The van der Waals surface area contributed by atoms with Gasteiger partial charge in [0.1, 0.15) is 62.2 Å². The molecule has 0 spiro atoms. The molecule has 0 fully saturated rings. The van der Waals surface area contributed by atoms with Gasteiger partial charge in [0, 0.05) is 49.0 Å². The largest absolute Gasteiger partial charge is 1.00 e. The average molecular weight is 1680 g/mol. The normalized spacial score (nSPS) is 15.2. The zero-order valence-corrected chi connectivity index (χ0v) is 67.7. The van der Waals surface area contributed by atoms with Crippen LogP contribution in [0, 0.1) is 0 Å². The number of allylic oxidation sites excluding steroid dienone is 3. The third-order valence-electron chi connectivity index (χ3n) is 15.1. The van der Waals surface area contributed by atoms with Crippen LogP contribution in [-0.4, -0.2) is 151 Å². The molecule has 0 bridgehead atoms. The van der Waals surface area contributed by atoms with Crippen molar-refractivity contribution in [3.8, 4) is 0 Å². The molecule has 0 aliphatic heterocycles. The van der Waals surface area contributed by atoms with Crippen molar-refractivity contribution >= 4 is 193 Å². The smallest absolute Gasteiger partial charge is 0.744 e. The van der Waals surface area contributed by atoms with Crippen LogP contribution in [0.5, 0.6) is 0 Å². The summed E-state index contributed by atoms with van der Waals surface area (Å²) in [5.74, 6) is -3.64. The van der Waals surface area contributed by atoms with E-state index in [1.54, 1.807) is 18.2 Å². The van der Waals surface area contributed by atoms with E-state index in [4.69, 9.17) is 0 Å². The molecule has 0 unspecified atom stereocenters. The van der Waals surface area contributed by atoms with Gasteiger partial charge >= 0.3 is 88.7 Å². The van der Waals surface area contributed by atoms with Gasteiger partial charge in [-0.15, -0.1) is 0 Å². The zero-order chi connectivity index (χ0) is 77.3. The van der Waals surface area contributed by atoms with Crippen molar-refractivity contribution in [2.45, 2.75) is 29.4 Å². The molecule has 9 aromatic rings. The molecule has 0 aromatic heterocycles. The second-order valence-corrected chi connectivity index (χ2v) is 34.1. The van der Waals surface area contributed by atoms with Gasteiger partial charge in [0.05, 0.1) is 46.4 Å². The van der Waals surface area contributed by atoms with Crippen LogP contribution in [0.3, 0.4) is 0 Å². The molecule has 9 N–H and O–H groups in total. The van der Waals surface area contributed by atoms with Gasteiger partial charge in [-0.05, 0) is 108 Å². The fourth-order valence-corrected chi connectivity index (χ4v) is 15.9. The second kappa shape index (κ2) is 32.5. The predicted molar refractivity (Wildman–Crippen MR) is 369 cm³/mol. The van der Waals surface area contributed by atoms with Crippen LogP contribution in [0.15, 0.2) is 223 Å². The monoisotopic (exact) mass is 1680 g/mol. The molecule has 0 atom stereocenters. The molecule has 0 radical (unpaired) electrons. The van der Waals surface area contributed by atoms with Crippen LogP contribution in [0.25, 0.3) is 50.5 Å². The minimum atomic E-state index is -5.05. The zero-order valence-electron chi connectivity index (χ0n) is 54.3. The van der Waals surface area contributed by atoms with Gasteiger partial charge < -0.3 is 13.7 Å². The molecule has 0 saturated carbocycles. The number of hydrogen-bond donors (Lipinski definition) is 9. The van der Waals surface area contributed by atoms with Gasteiger partial charge in [0.15, 0.2) is 0 Å². The Morgan fingerprint density at radius 3 is 0.685 bits per heavy atom. The minimum absolute atomic E-state index is 0. The molecule has 12 rings (SSSR count). The van der Waals surface area contributed by atoms with Gasteiger partial charge in [-0.1, -0.05) is 91.0 Å². The Bertz CT molecular complexity index is 6080. The molecule has 0 heterocycles. The number of nitrogens with one attached hydrogen (secondary N) is 3. The fraction of sp³-hybridized carbons (Fsp3) is 0. The molecule has 0 amide bonds. The Labute approximate surface area is 678 Å². The first kappa shape index (κ1) is 87.8. The van der Waals surface area contributed by atoms with E-state index >= 15 is 0 Å². The number of carbonyl (C=O) groups is 3. The van der Waals surface area contributed by atoms with E-state index in [2.05, 4.69) is 31.6 Å². The maximum absolute atomic E-state index is 12.8. The van der Waals surface area contributed by atoms with Crippen molar-refractivity contribution in [3.05, 3.63) is 212 Å². The molecule has 48 heteroatoms. The summed E-state index contributed by atoms with van der Waals surface area (Å²) in [4.78, 5) is 32.0. The van der Waals surface area contributed by atoms with Crippen LogP contribution in [0.4, 0.5) is 17.1 Å². The Morgan fingerprint density at radius 2 is 0.491 bits per heavy atom. The van der Waals surface area contributed by atoms with E-state index in [9.17, 15) is 131 Å². The summed E-state index contributed by atoms with van der Waals surface area (Å²) in [7, 11) is -43.6. The SMILES string of the molecule is O=C1C(S(=O)(=O)O)=Cc2cc(S(=O)(=O)O)ccc2/C1=N\Nc1ccc(S(=O)(=O)[O-])c2ccccc12.O=C1C(S(=O)(=O)O)=Cc2cc(S(=O)(=O)O)ccc2/C1=N\Nc1ccc(S(=O)(=O)[O-])c2ccccc12.O=C1C(S(=O)(=O)O)=Cc2cc(S(=O)(=O)O)ccc2/C1=N\Nc1ccc(S(=O)(=O)[O-])c2ccccc12.[Na+].[Na+].[Na+]. The van der Waals surface area contributed by atoms with Crippen molar-refractivity contribution in [1.29, 1.82) is 0 Å². The maximum atomic E-state index is 12.8. The van der Waals surface area contributed by atoms with Crippen LogP contribution in [0.1, 0.15) is 33.4 Å². The average Bonchev–Trinajstić information content (AvgIpc) is 0.758. The molecule has 108 heavy (non-hydrogen) atoms. The van der Waals surface area contributed by atoms with Gasteiger partial charge in [-0.25, -0.2) is 25.3 Å². The molecule has 9 aromatic carbocycles. The number of carbonyl (C=O) groups excluding carboxylic acids is 3. The van der Waals surface area contributed by atoms with Crippen molar-refractivity contribution in [2.75, 3.05) is 16.3 Å². The van der Waals surface area contributed by atoms with Crippen molar-refractivity contribution in [2.24, 2.45) is 15.3 Å². The number of rotatable bonds is 15. The number of benzene rings is 9. The van der Waals surface area contributed by atoms with E-state index in [1.165, 1.54) is 72.8 Å². The van der Waals surface area contributed by atoms with Crippen molar-refractivity contribution in [1.82, 2.24) is 0 Å². The maximum Gasteiger partial charge on any atom is 1.00 e. The Kier molecular flexibility index (Phi) is 26.4. The van der Waals surface area contributed by atoms with Crippen LogP contribution < -0.4 is 105 Å². The van der Waals surface area contributed by atoms with Gasteiger partial charge in [-0.2, -0.15) is 65.8 Å². The fourth-order valence-electron chi connectivity index (χ4n) is 10.5. The van der Waals surface area contributed by atoms with Crippen molar-refractivity contribution in [3.63, 3.8) is 0 Å². The molecule has 36 nitrogen and oxygen atoms in total. The van der Waals surface area contributed by atoms with E-state index in [-0.39, 0.29) is 171 Å². The number of Topliss-reactive ketones (excluding diaryl/α,β-unsaturated/α-hetero) is 3. The first-order valence-corrected chi connectivity index (χ1v) is 40.9. The topological polar surface area (TPSA) is 622 Å². The standard InChI is InChI=1S/3C20H14N2O10S3.3Na/c3*23-20-18(35(30,31)32)10-11-9-12(33(24,25)26)5-6-13(11)19(20)22-21-16-7-8-17(34(27,28)29)15-4-2-1-3-14(15)16;;;/h3*1-10,21H,(H,24,25,26)(H,27,28,29)(H,30,31,32);;;/q;;;3*+1/p-3/b3*22-19+;;;. The first-order valence-electron chi connectivity index (χ1n) is 28.0. The number of fused-ring (bicyclic) bond motifs is 6. The van der Waals surface area contributed by atoms with Gasteiger partial charge in [0.25, 0.3) is 60.7 Å². The number of nitrogens with zero attached hydrogens (tertiary/aromatic N) is 3. The molecular weight excluding hydrogens is 1640 g/mol. The molecule has 546 valence electrons. The Morgan fingerprint density at radius 1 is 0.278 bits per heavy atom. The van der Waals surface area contributed by atoms with Gasteiger partial charge in [-0.3, -0.25) is 58.0 Å². The third-order valence-corrected chi connectivity index (χ3v) is 22.9. The number of anilines is 3. The number of hydrazone groups is 3. The summed E-state index contributed by atoms with van der Waals surface area (Å²) in [5, 5.41) is 12.7. The van der Waals surface area contributed by atoms with Crippen molar-refractivity contribution < 1.29 is 220 Å². The van der Waals surface area contributed by atoms with E-state index in [0.717, 1.165) is 91.0 Å². The third kappa shape index (κ3) is 19.3. The molecule has 3 aliphatic rings. The van der Waals surface area contributed by atoms with Crippen LogP contribution in [-0.2, 0) is 105 Å². The summed E-state index contributed by atoms with van der Waals surface area (Å²) in [5.41, 5.74) is 5.92. The van der Waals surface area contributed by atoms with Crippen LogP contribution >= 0.6 is 0 Å². The number of hydrogen-bond acceptors (Lipinski definition) is 30. The minimum Gasteiger partial charge on any atom is -0.744 e. The van der Waals surface area contributed by atoms with E-state index in [0.29, 0.717) is 0 Å².